The van der Waals surface area contributed by atoms with Crippen molar-refractivity contribution in [3.63, 3.8) is 0 Å². The Labute approximate surface area is 143 Å². The van der Waals surface area contributed by atoms with Gasteiger partial charge in [-0.05, 0) is 42.3 Å². The Morgan fingerprint density at radius 3 is 2.76 bits per heavy atom. The molecule has 0 bridgehead atoms. The summed E-state index contributed by atoms with van der Waals surface area (Å²) in [6.07, 6.45) is 4.05. The van der Waals surface area contributed by atoms with Gasteiger partial charge in [-0.2, -0.15) is 0 Å². The van der Waals surface area contributed by atoms with E-state index < -0.39 is 0 Å². The van der Waals surface area contributed by atoms with Crippen LogP contribution in [-0.2, 0) is 6.42 Å². The molecule has 6 nitrogen and oxygen atoms in total. The topological polar surface area (TPSA) is 83.8 Å². The van der Waals surface area contributed by atoms with E-state index in [2.05, 4.69) is 26.6 Å². The first-order valence-electron chi connectivity index (χ1n) is 8.01. The van der Waals surface area contributed by atoms with Crippen molar-refractivity contribution in [2.45, 2.75) is 6.42 Å². The van der Waals surface area contributed by atoms with E-state index >= 15 is 0 Å². The fraction of sp³-hybridized carbons (Fsp3) is 0.105. The minimum atomic E-state index is -0.100. The first-order chi connectivity index (χ1) is 12.3. The van der Waals surface area contributed by atoms with Gasteiger partial charge in [0.1, 0.15) is 0 Å². The molecule has 2 N–H and O–H groups in total. The third kappa shape index (κ3) is 3.14. The van der Waals surface area contributed by atoms with Crippen molar-refractivity contribution in [2.24, 2.45) is 0 Å². The van der Waals surface area contributed by atoms with Crippen LogP contribution >= 0.6 is 0 Å². The number of aromatic amines is 1. The van der Waals surface area contributed by atoms with Gasteiger partial charge in [0.25, 0.3) is 5.91 Å². The zero-order chi connectivity index (χ0) is 17.1. The lowest BCUT2D eigenvalue weighted by atomic mass is 10.1. The monoisotopic (exact) mass is 332 g/mol. The average Bonchev–Trinajstić information content (AvgIpc) is 3.32. The van der Waals surface area contributed by atoms with Gasteiger partial charge in [-0.15, -0.1) is 10.2 Å². The van der Waals surface area contributed by atoms with Crippen LogP contribution in [0.4, 0.5) is 0 Å². The van der Waals surface area contributed by atoms with Crippen LogP contribution < -0.4 is 5.32 Å². The van der Waals surface area contributed by atoms with Gasteiger partial charge in [-0.3, -0.25) is 4.79 Å². The van der Waals surface area contributed by atoms with E-state index in [4.69, 9.17) is 4.42 Å². The van der Waals surface area contributed by atoms with Crippen molar-refractivity contribution < 1.29 is 9.21 Å². The second-order valence-corrected chi connectivity index (χ2v) is 5.69. The molecule has 0 radical (unpaired) electrons. The van der Waals surface area contributed by atoms with Crippen LogP contribution in [0.1, 0.15) is 15.9 Å². The summed E-state index contributed by atoms with van der Waals surface area (Å²) in [5.41, 5.74) is 3.69. The lowest BCUT2D eigenvalue weighted by Gasteiger charge is -2.05. The van der Waals surface area contributed by atoms with Crippen molar-refractivity contribution >= 4 is 16.8 Å². The number of nitrogens with one attached hydrogen (secondary N) is 2. The van der Waals surface area contributed by atoms with Gasteiger partial charge in [0.05, 0.1) is 0 Å². The third-order valence-electron chi connectivity index (χ3n) is 4.11. The zero-order valence-corrected chi connectivity index (χ0v) is 13.4. The number of para-hydroxylation sites is 1. The van der Waals surface area contributed by atoms with Gasteiger partial charge < -0.3 is 14.7 Å². The SMILES string of the molecule is O=C(NCCc1c[nH]c2ccccc12)c1ccc(-c2nnco2)cc1. The predicted octanol–water partition coefficient (Wildman–Crippen LogP) is 3.19. The summed E-state index contributed by atoms with van der Waals surface area (Å²) in [4.78, 5) is 15.5. The van der Waals surface area contributed by atoms with E-state index in [1.807, 2.05) is 24.4 Å². The normalized spacial score (nSPS) is 10.9. The highest BCUT2D eigenvalue weighted by Crippen LogP contribution is 2.18. The molecule has 2 aromatic carbocycles. The van der Waals surface area contributed by atoms with Crippen molar-refractivity contribution in [3.8, 4) is 11.5 Å². The molecule has 124 valence electrons. The summed E-state index contributed by atoms with van der Waals surface area (Å²) in [5, 5.41) is 11.6. The number of fused-ring (bicyclic) bond motifs is 1. The van der Waals surface area contributed by atoms with E-state index in [0.717, 1.165) is 17.5 Å². The van der Waals surface area contributed by atoms with E-state index in [-0.39, 0.29) is 5.91 Å². The van der Waals surface area contributed by atoms with Gasteiger partial charge in [0, 0.05) is 34.8 Å². The smallest absolute Gasteiger partial charge is 0.251 e. The number of nitrogens with zero attached hydrogens (tertiary/aromatic N) is 2. The molecule has 0 unspecified atom stereocenters. The second-order valence-electron chi connectivity index (χ2n) is 5.69. The maximum Gasteiger partial charge on any atom is 0.251 e. The highest BCUT2D eigenvalue weighted by molar-refractivity contribution is 5.94. The molecule has 1 amide bonds. The molecule has 0 aliphatic carbocycles. The molecule has 2 heterocycles. The number of H-pyrrole nitrogens is 1. The Kier molecular flexibility index (Phi) is 4.00. The lowest BCUT2D eigenvalue weighted by Crippen LogP contribution is -2.25. The fourth-order valence-electron chi connectivity index (χ4n) is 2.81. The molecule has 6 heteroatoms. The lowest BCUT2D eigenvalue weighted by molar-refractivity contribution is 0.0954. The van der Waals surface area contributed by atoms with Crippen LogP contribution in [-0.4, -0.2) is 27.6 Å². The van der Waals surface area contributed by atoms with Gasteiger partial charge >= 0.3 is 0 Å². The molecular formula is C19H16N4O2. The number of aromatic nitrogens is 3. The van der Waals surface area contributed by atoms with Gasteiger partial charge in [-0.25, -0.2) is 0 Å². The molecule has 0 atom stereocenters. The molecule has 0 fully saturated rings. The van der Waals surface area contributed by atoms with Gasteiger partial charge in [-0.1, -0.05) is 18.2 Å². The number of rotatable bonds is 5. The molecular weight excluding hydrogens is 316 g/mol. The first-order valence-corrected chi connectivity index (χ1v) is 8.01. The summed E-state index contributed by atoms with van der Waals surface area (Å²) in [6.45, 7) is 0.575. The molecule has 0 aliphatic heterocycles. The largest absolute Gasteiger partial charge is 0.423 e. The molecule has 4 rings (SSSR count). The molecule has 4 aromatic rings. The van der Waals surface area contributed by atoms with E-state index in [9.17, 15) is 4.79 Å². The Morgan fingerprint density at radius 2 is 1.96 bits per heavy atom. The number of amides is 1. The molecule has 0 saturated heterocycles. The minimum Gasteiger partial charge on any atom is -0.423 e. The van der Waals surface area contributed by atoms with Crippen LogP contribution in [0.5, 0.6) is 0 Å². The average molecular weight is 332 g/mol. The summed E-state index contributed by atoms with van der Waals surface area (Å²) >= 11 is 0. The Morgan fingerprint density at radius 1 is 1.12 bits per heavy atom. The number of benzene rings is 2. The van der Waals surface area contributed by atoms with Gasteiger partial charge in [0.2, 0.25) is 12.3 Å². The Balaban J connectivity index is 1.37. The molecule has 2 aromatic heterocycles. The maximum atomic E-state index is 12.3. The van der Waals surface area contributed by atoms with E-state index in [0.29, 0.717) is 18.0 Å². The third-order valence-corrected chi connectivity index (χ3v) is 4.11. The molecule has 25 heavy (non-hydrogen) atoms. The van der Waals surface area contributed by atoms with Crippen molar-refractivity contribution in [3.05, 3.63) is 72.2 Å². The zero-order valence-electron chi connectivity index (χ0n) is 13.4. The second kappa shape index (κ2) is 6.60. The van der Waals surface area contributed by atoms with Crippen molar-refractivity contribution in [2.75, 3.05) is 6.54 Å². The summed E-state index contributed by atoms with van der Waals surface area (Å²) in [6, 6.07) is 15.2. The van der Waals surface area contributed by atoms with Crippen LogP contribution in [0.2, 0.25) is 0 Å². The molecule has 0 aliphatic rings. The van der Waals surface area contributed by atoms with Crippen molar-refractivity contribution in [1.82, 2.24) is 20.5 Å². The quantitative estimate of drug-likeness (QED) is 0.588. The molecule has 0 spiro atoms. The highest BCUT2D eigenvalue weighted by Gasteiger charge is 2.08. The number of hydrogen-bond donors (Lipinski definition) is 2. The van der Waals surface area contributed by atoms with Crippen LogP contribution in [0.15, 0.2) is 65.5 Å². The maximum absolute atomic E-state index is 12.3. The highest BCUT2D eigenvalue weighted by atomic mass is 16.4. The van der Waals surface area contributed by atoms with Crippen LogP contribution in [0.3, 0.4) is 0 Å². The summed E-state index contributed by atoms with van der Waals surface area (Å²) in [7, 11) is 0. The number of carbonyl (C=O) groups excluding carboxylic acids is 1. The fourth-order valence-corrected chi connectivity index (χ4v) is 2.81. The summed E-state index contributed by atoms with van der Waals surface area (Å²) in [5.74, 6) is 0.336. The van der Waals surface area contributed by atoms with Crippen molar-refractivity contribution in [1.29, 1.82) is 0 Å². The first kappa shape index (κ1) is 15.1. The Hall–Kier alpha value is -3.41. The minimum absolute atomic E-state index is 0.100. The van der Waals surface area contributed by atoms with Gasteiger partial charge in [0.15, 0.2) is 0 Å². The molecule has 0 saturated carbocycles. The van der Waals surface area contributed by atoms with Crippen LogP contribution in [0, 0.1) is 0 Å². The Bertz CT molecular complexity index is 988. The van der Waals surface area contributed by atoms with E-state index in [1.165, 1.54) is 17.3 Å². The van der Waals surface area contributed by atoms with E-state index in [1.54, 1.807) is 24.3 Å². The standard InChI is InChI=1S/C19H16N4O2/c24-18(13-5-7-14(8-6-13)19-23-22-12-25-19)20-10-9-15-11-21-17-4-2-1-3-16(15)17/h1-8,11-12,21H,9-10H2,(H,20,24). The summed E-state index contributed by atoms with van der Waals surface area (Å²) < 4.78 is 5.14. The van der Waals surface area contributed by atoms with Crippen LogP contribution in [0.25, 0.3) is 22.4 Å². The predicted molar refractivity (Wildman–Crippen MR) is 94.1 cm³/mol. The number of carbonyl (C=O) groups is 1. The number of hydrogen-bond acceptors (Lipinski definition) is 4.